The van der Waals surface area contributed by atoms with Crippen LogP contribution in [0.25, 0.3) is 0 Å². The van der Waals surface area contributed by atoms with E-state index in [0.717, 1.165) is 0 Å². The second-order valence-corrected chi connectivity index (χ2v) is 2.64. The van der Waals surface area contributed by atoms with Gasteiger partial charge < -0.3 is 9.84 Å². The van der Waals surface area contributed by atoms with Crippen LogP contribution in [-0.2, 0) is 4.74 Å². The van der Waals surface area contributed by atoms with Gasteiger partial charge in [-0.2, -0.15) is 0 Å². The first-order chi connectivity index (χ1) is 6.15. The van der Waals surface area contributed by atoms with Gasteiger partial charge in [-0.15, -0.1) is 0 Å². The molecule has 1 N–H and O–H groups in total. The fourth-order valence-corrected chi connectivity index (χ4v) is 0.878. The number of ether oxygens (including phenoxy) is 1. The molecule has 1 rings (SSSR count). The molecule has 4 heteroatoms. The molecule has 13 heavy (non-hydrogen) atoms. The van der Waals surface area contributed by atoms with Crippen molar-refractivity contribution in [1.82, 2.24) is 4.98 Å². The lowest BCUT2D eigenvalue weighted by Crippen LogP contribution is -2.04. The van der Waals surface area contributed by atoms with Crippen LogP contribution in [0.15, 0.2) is 18.3 Å². The molecule has 0 saturated heterocycles. The number of carbonyl (C=O) groups is 1. The van der Waals surface area contributed by atoms with Crippen LogP contribution in [0.2, 0.25) is 0 Å². The van der Waals surface area contributed by atoms with Crippen LogP contribution >= 0.6 is 0 Å². The van der Waals surface area contributed by atoms with E-state index in [1.165, 1.54) is 19.4 Å². The van der Waals surface area contributed by atoms with Gasteiger partial charge in [0.2, 0.25) is 0 Å². The van der Waals surface area contributed by atoms with E-state index in [0.29, 0.717) is 5.56 Å². The summed E-state index contributed by atoms with van der Waals surface area (Å²) in [7, 11) is 1.30. The number of methoxy groups -OCH3 is 1. The smallest absolute Gasteiger partial charge is 0.356 e. The molecule has 4 nitrogen and oxygen atoms in total. The highest BCUT2D eigenvalue weighted by Gasteiger charge is 2.07. The molecule has 1 aromatic heterocycles. The fourth-order valence-electron chi connectivity index (χ4n) is 0.878. The second-order valence-electron chi connectivity index (χ2n) is 2.64. The Hall–Kier alpha value is -1.42. The molecule has 1 aromatic rings. The summed E-state index contributed by atoms with van der Waals surface area (Å²) in [6.45, 7) is 1.63. The second kappa shape index (κ2) is 4.00. The number of rotatable bonds is 2. The highest BCUT2D eigenvalue weighted by molar-refractivity contribution is 5.86. The Bertz CT molecular complexity index is 292. The summed E-state index contributed by atoms with van der Waals surface area (Å²) in [5, 5.41) is 9.15. The first-order valence-corrected chi connectivity index (χ1v) is 3.87. The summed E-state index contributed by atoms with van der Waals surface area (Å²) in [5.41, 5.74) is 0.916. The molecule has 70 valence electrons. The van der Waals surface area contributed by atoms with Crippen LogP contribution in [0, 0.1) is 0 Å². The first-order valence-electron chi connectivity index (χ1n) is 3.87. The third-order valence-electron chi connectivity index (χ3n) is 1.66. The van der Waals surface area contributed by atoms with Crippen molar-refractivity contribution in [3.05, 3.63) is 29.6 Å². The van der Waals surface area contributed by atoms with Crippen molar-refractivity contribution in [2.45, 2.75) is 13.0 Å². The van der Waals surface area contributed by atoms with E-state index in [9.17, 15) is 4.79 Å². The summed E-state index contributed by atoms with van der Waals surface area (Å²) in [6.07, 6.45) is 0.885. The first kappa shape index (κ1) is 9.67. The Kier molecular flexibility index (Phi) is 2.97. The molecule has 0 unspecified atom stereocenters. The number of carbonyl (C=O) groups excluding carboxylic acids is 1. The normalized spacial score (nSPS) is 12.2. The SMILES string of the molecule is COC(=O)c1ccc([C@H](C)O)cn1. The van der Waals surface area contributed by atoms with Crippen molar-refractivity contribution in [1.29, 1.82) is 0 Å². The van der Waals surface area contributed by atoms with E-state index in [-0.39, 0.29) is 5.69 Å². The van der Waals surface area contributed by atoms with Crippen LogP contribution in [-0.4, -0.2) is 23.2 Å². The number of aliphatic hydroxyl groups excluding tert-OH is 1. The summed E-state index contributed by atoms with van der Waals surface area (Å²) < 4.78 is 4.47. The van der Waals surface area contributed by atoms with E-state index in [1.54, 1.807) is 13.0 Å². The Labute approximate surface area is 76.2 Å². The van der Waals surface area contributed by atoms with Gasteiger partial charge in [-0.3, -0.25) is 0 Å². The number of esters is 1. The van der Waals surface area contributed by atoms with Crippen LogP contribution in [0.5, 0.6) is 0 Å². The van der Waals surface area contributed by atoms with Crippen molar-refractivity contribution in [2.75, 3.05) is 7.11 Å². The zero-order valence-corrected chi connectivity index (χ0v) is 7.52. The molecule has 0 aliphatic rings. The molecule has 0 fully saturated rings. The molecular formula is C9H11NO3. The number of aliphatic hydroxyl groups is 1. The molecule has 0 radical (unpaired) electrons. The molecule has 0 aliphatic heterocycles. The third-order valence-corrected chi connectivity index (χ3v) is 1.66. The molecule has 0 saturated carbocycles. The van der Waals surface area contributed by atoms with E-state index >= 15 is 0 Å². The monoisotopic (exact) mass is 181 g/mol. The maximum atomic E-state index is 10.9. The molecule has 0 bridgehead atoms. The van der Waals surface area contributed by atoms with Gasteiger partial charge in [-0.1, -0.05) is 6.07 Å². The van der Waals surface area contributed by atoms with E-state index < -0.39 is 12.1 Å². The highest BCUT2D eigenvalue weighted by Crippen LogP contribution is 2.10. The molecule has 0 aliphatic carbocycles. The quantitative estimate of drug-likeness (QED) is 0.689. The number of pyridine rings is 1. The largest absolute Gasteiger partial charge is 0.464 e. The number of hydrogen-bond donors (Lipinski definition) is 1. The Morgan fingerprint density at radius 1 is 1.62 bits per heavy atom. The zero-order valence-electron chi connectivity index (χ0n) is 7.52. The van der Waals surface area contributed by atoms with Crippen LogP contribution in [0.4, 0.5) is 0 Å². The predicted molar refractivity (Wildman–Crippen MR) is 46.2 cm³/mol. The summed E-state index contributed by atoms with van der Waals surface area (Å²) in [4.78, 5) is 14.8. The maximum absolute atomic E-state index is 10.9. The summed E-state index contributed by atoms with van der Waals surface area (Å²) >= 11 is 0. The Morgan fingerprint density at radius 2 is 2.31 bits per heavy atom. The lowest BCUT2D eigenvalue weighted by atomic mass is 10.2. The van der Waals surface area contributed by atoms with Crippen molar-refractivity contribution < 1.29 is 14.6 Å². The average molecular weight is 181 g/mol. The fraction of sp³-hybridized carbons (Fsp3) is 0.333. The highest BCUT2D eigenvalue weighted by atomic mass is 16.5. The van der Waals surface area contributed by atoms with Gasteiger partial charge in [0.1, 0.15) is 5.69 Å². The van der Waals surface area contributed by atoms with Crippen LogP contribution in [0.3, 0.4) is 0 Å². The summed E-state index contributed by atoms with van der Waals surface area (Å²) in [5.74, 6) is -0.475. The van der Waals surface area contributed by atoms with Gasteiger partial charge in [0.25, 0.3) is 0 Å². The van der Waals surface area contributed by atoms with E-state index in [1.807, 2.05) is 0 Å². The molecule has 1 heterocycles. The molecule has 0 amide bonds. The Balaban J connectivity index is 2.87. The van der Waals surface area contributed by atoms with Gasteiger partial charge in [-0.05, 0) is 18.6 Å². The average Bonchev–Trinajstić information content (AvgIpc) is 2.17. The van der Waals surface area contributed by atoms with Crippen molar-refractivity contribution >= 4 is 5.97 Å². The van der Waals surface area contributed by atoms with Gasteiger partial charge in [0, 0.05) is 6.20 Å². The standard InChI is InChI=1S/C9H11NO3/c1-6(11)7-3-4-8(10-5-7)9(12)13-2/h3-6,11H,1-2H3/t6-/m0/s1. The molecule has 0 aromatic carbocycles. The molecular weight excluding hydrogens is 170 g/mol. The van der Waals surface area contributed by atoms with Gasteiger partial charge in [0.15, 0.2) is 0 Å². The van der Waals surface area contributed by atoms with Crippen molar-refractivity contribution in [3.8, 4) is 0 Å². The Morgan fingerprint density at radius 3 is 2.69 bits per heavy atom. The summed E-state index contributed by atoms with van der Waals surface area (Å²) in [6, 6.07) is 3.16. The minimum atomic E-state index is -0.570. The maximum Gasteiger partial charge on any atom is 0.356 e. The number of hydrogen-bond acceptors (Lipinski definition) is 4. The zero-order chi connectivity index (χ0) is 9.84. The van der Waals surface area contributed by atoms with E-state index in [4.69, 9.17) is 5.11 Å². The van der Waals surface area contributed by atoms with E-state index in [2.05, 4.69) is 9.72 Å². The van der Waals surface area contributed by atoms with Crippen molar-refractivity contribution in [3.63, 3.8) is 0 Å². The van der Waals surface area contributed by atoms with Gasteiger partial charge >= 0.3 is 5.97 Å². The lowest BCUT2D eigenvalue weighted by molar-refractivity contribution is 0.0593. The van der Waals surface area contributed by atoms with Gasteiger partial charge in [0.05, 0.1) is 13.2 Å². The number of aromatic nitrogens is 1. The van der Waals surface area contributed by atoms with Crippen LogP contribution < -0.4 is 0 Å². The van der Waals surface area contributed by atoms with Gasteiger partial charge in [-0.25, -0.2) is 9.78 Å². The third kappa shape index (κ3) is 2.26. The van der Waals surface area contributed by atoms with Crippen molar-refractivity contribution in [2.24, 2.45) is 0 Å². The topological polar surface area (TPSA) is 59.4 Å². The predicted octanol–water partition coefficient (Wildman–Crippen LogP) is 0.921. The van der Waals surface area contributed by atoms with Crippen LogP contribution in [0.1, 0.15) is 29.1 Å². The number of nitrogens with zero attached hydrogens (tertiary/aromatic N) is 1. The minimum absolute atomic E-state index is 0.243. The molecule has 1 atom stereocenters. The minimum Gasteiger partial charge on any atom is -0.464 e. The lowest BCUT2D eigenvalue weighted by Gasteiger charge is -2.03. The molecule has 0 spiro atoms.